The zero-order valence-corrected chi connectivity index (χ0v) is 18.4. The average molecular weight is 440 g/mol. The summed E-state index contributed by atoms with van der Waals surface area (Å²) in [5.74, 6) is 0.579. The number of ether oxygens (including phenoxy) is 2. The summed E-state index contributed by atoms with van der Waals surface area (Å²) in [6.45, 7) is 5.39. The Hall–Kier alpha value is -1.97. The third kappa shape index (κ3) is 5.80. The molecule has 9 heteroatoms. The quantitative estimate of drug-likeness (QED) is 0.567. The summed E-state index contributed by atoms with van der Waals surface area (Å²) in [4.78, 5) is 6.51. The molecule has 0 unspecified atom stereocenters. The number of hydrogen-bond acceptors (Lipinski definition) is 6. The van der Waals surface area contributed by atoms with Crippen LogP contribution in [0.1, 0.15) is 25.5 Å². The van der Waals surface area contributed by atoms with Crippen LogP contribution in [0.25, 0.3) is 0 Å². The predicted octanol–water partition coefficient (Wildman–Crippen LogP) is 2.75. The predicted molar refractivity (Wildman–Crippen MR) is 112 cm³/mol. The molecule has 0 N–H and O–H groups in total. The van der Waals surface area contributed by atoms with Gasteiger partial charge in [0.25, 0.3) is 0 Å². The molecule has 0 radical (unpaired) electrons. The van der Waals surface area contributed by atoms with Crippen molar-refractivity contribution in [3.8, 4) is 5.75 Å². The van der Waals surface area contributed by atoms with Crippen LogP contribution < -0.4 is 4.74 Å². The second-order valence-electron chi connectivity index (χ2n) is 7.59. The van der Waals surface area contributed by atoms with Crippen molar-refractivity contribution in [1.29, 1.82) is 0 Å². The zero-order chi connectivity index (χ0) is 21.6. The van der Waals surface area contributed by atoms with E-state index in [0.29, 0.717) is 38.0 Å². The maximum atomic E-state index is 13.3. The molecule has 2 heterocycles. The number of imidazole rings is 1. The van der Waals surface area contributed by atoms with Crippen molar-refractivity contribution in [2.24, 2.45) is 5.92 Å². The summed E-state index contributed by atoms with van der Waals surface area (Å²) in [5.41, 5.74) is 0.866. The van der Waals surface area contributed by atoms with E-state index < -0.39 is 9.84 Å². The van der Waals surface area contributed by atoms with Gasteiger partial charge in [-0.15, -0.1) is 0 Å². The number of nitrogens with zero attached hydrogens (tertiary/aromatic N) is 3. The van der Waals surface area contributed by atoms with Crippen molar-refractivity contribution < 1.29 is 22.3 Å². The molecule has 0 saturated carbocycles. The van der Waals surface area contributed by atoms with Crippen LogP contribution in [0.15, 0.2) is 35.6 Å². The molecule has 7 nitrogen and oxygen atoms in total. The first-order valence-electron chi connectivity index (χ1n) is 10.3. The fourth-order valence-electron chi connectivity index (χ4n) is 3.75. The molecule has 0 spiro atoms. The van der Waals surface area contributed by atoms with Crippen LogP contribution in [0.3, 0.4) is 0 Å². The van der Waals surface area contributed by atoms with Crippen LogP contribution in [0.4, 0.5) is 4.39 Å². The number of halogens is 1. The summed E-state index contributed by atoms with van der Waals surface area (Å²) in [7, 11) is -1.81. The first kappa shape index (κ1) is 22.7. The highest BCUT2D eigenvalue weighted by molar-refractivity contribution is 7.91. The molecule has 0 amide bonds. The van der Waals surface area contributed by atoms with Crippen molar-refractivity contribution in [3.63, 3.8) is 0 Å². The zero-order valence-electron chi connectivity index (χ0n) is 17.6. The van der Waals surface area contributed by atoms with E-state index in [4.69, 9.17) is 9.47 Å². The third-order valence-corrected chi connectivity index (χ3v) is 6.99. The molecule has 2 aromatic rings. The van der Waals surface area contributed by atoms with Gasteiger partial charge in [-0.2, -0.15) is 0 Å². The van der Waals surface area contributed by atoms with E-state index in [9.17, 15) is 12.8 Å². The van der Waals surface area contributed by atoms with Gasteiger partial charge in [0.05, 0.1) is 30.9 Å². The minimum absolute atomic E-state index is 0.0135. The third-order valence-electron chi connectivity index (χ3n) is 5.35. The van der Waals surface area contributed by atoms with Crippen LogP contribution >= 0.6 is 0 Å². The van der Waals surface area contributed by atoms with E-state index in [1.54, 1.807) is 36.9 Å². The monoisotopic (exact) mass is 439 g/mol. The van der Waals surface area contributed by atoms with Gasteiger partial charge in [-0.25, -0.2) is 17.8 Å². The number of likely N-dealkylation sites (tertiary alicyclic amines) is 1. The topological polar surface area (TPSA) is 73.7 Å². The van der Waals surface area contributed by atoms with Crippen LogP contribution in [0.5, 0.6) is 5.75 Å². The molecule has 1 aliphatic rings. The Bertz CT molecular complexity index is 932. The normalized spacial score (nSPS) is 17.9. The van der Waals surface area contributed by atoms with Gasteiger partial charge >= 0.3 is 0 Å². The second kappa shape index (κ2) is 10.4. The van der Waals surface area contributed by atoms with Crippen molar-refractivity contribution in [2.75, 3.05) is 39.2 Å². The highest BCUT2D eigenvalue weighted by Crippen LogP contribution is 2.22. The SMILES string of the molecule is CCS(=O)(=O)c1ncc(CN2CCC[C@H](COc3cccc(F)c3)C2)n1CCOC. The Balaban J connectivity index is 1.65. The summed E-state index contributed by atoms with van der Waals surface area (Å²) >= 11 is 0. The maximum Gasteiger partial charge on any atom is 0.227 e. The van der Waals surface area contributed by atoms with Crippen LogP contribution in [-0.4, -0.2) is 62.0 Å². The summed E-state index contributed by atoms with van der Waals surface area (Å²) in [6.07, 6.45) is 3.73. The standard InChI is InChI=1S/C21H30FN3O4S/c1-3-30(26,27)21-23-13-19(25(21)10-11-28-2)15-24-9-5-6-17(14-24)16-29-20-8-4-7-18(22)12-20/h4,7-8,12-13,17H,3,5-6,9-11,14-16H2,1-2H3/t17-/m0/s1. The molecule has 30 heavy (non-hydrogen) atoms. The molecule has 0 aliphatic carbocycles. The molecule has 0 bridgehead atoms. The highest BCUT2D eigenvalue weighted by atomic mass is 32.2. The summed E-state index contributed by atoms with van der Waals surface area (Å²) in [6, 6.07) is 6.19. The van der Waals surface area contributed by atoms with Crippen LogP contribution in [0.2, 0.25) is 0 Å². The van der Waals surface area contributed by atoms with Crippen LogP contribution in [0, 0.1) is 11.7 Å². The van der Waals surface area contributed by atoms with E-state index in [-0.39, 0.29) is 16.7 Å². The van der Waals surface area contributed by atoms with Gasteiger partial charge in [-0.3, -0.25) is 4.90 Å². The Morgan fingerprint density at radius 2 is 2.17 bits per heavy atom. The molecule has 3 rings (SSSR count). The molecule has 1 saturated heterocycles. The Morgan fingerprint density at radius 3 is 2.90 bits per heavy atom. The molecule has 1 aromatic heterocycles. The lowest BCUT2D eigenvalue weighted by atomic mass is 9.99. The van der Waals surface area contributed by atoms with E-state index >= 15 is 0 Å². The largest absolute Gasteiger partial charge is 0.493 e. The number of rotatable bonds is 10. The van der Waals surface area contributed by atoms with Crippen LogP contribution in [-0.2, 0) is 27.7 Å². The summed E-state index contributed by atoms with van der Waals surface area (Å²) in [5, 5.41) is 0.111. The minimum Gasteiger partial charge on any atom is -0.493 e. The van der Waals surface area contributed by atoms with E-state index in [0.717, 1.165) is 31.6 Å². The lowest BCUT2D eigenvalue weighted by molar-refractivity contribution is 0.121. The maximum absolute atomic E-state index is 13.3. The Labute approximate surface area is 177 Å². The number of piperidine rings is 1. The fourth-order valence-corrected chi connectivity index (χ4v) is 4.76. The molecule has 166 valence electrons. The molecular weight excluding hydrogens is 409 g/mol. The smallest absolute Gasteiger partial charge is 0.227 e. The van der Waals surface area contributed by atoms with Gasteiger partial charge < -0.3 is 14.0 Å². The van der Waals surface area contributed by atoms with Gasteiger partial charge in [0.15, 0.2) is 0 Å². The number of benzene rings is 1. The van der Waals surface area contributed by atoms with E-state index in [1.807, 2.05) is 0 Å². The summed E-state index contributed by atoms with van der Waals surface area (Å²) < 4.78 is 50.8. The van der Waals surface area contributed by atoms with Gasteiger partial charge in [0, 0.05) is 38.7 Å². The number of sulfone groups is 1. The molecular formula is C21H30FN3O4S. The lowest BCUT2D eigenvalue weighted by Gasteiger charge is -2.32. The van der Waals surface area contributed by atoms with Crippen molar-refractivity contribution in [1.82, 2.24) is 14.5 Å². The number of hydrogen-bond donors (Lipinski definition) is 0. The van der Waals surface area contributed by atoms with E-state index in [1.165, 1.54) is 12.1 Å². The highest BCUT2D eigenvalue weighted by Gasteiger charge is 2.25. The minimum atomic E-state index is -3.41. The van der Waals surface area contributed by atoms with Gasteiger partial charge in [-0.05, 0) is 31.5 Å². The number of aromatic nitrogens is 2. The van der Waals surface area contributed by atoms with E-state index in [2.05, 4.69) is 9.88 Å². The Kier molecular flexibility index (Phi) is 7.85. The molecule has 1 aromatic carbocycles. The Morgan fingerprint density at radius 1 is 1.33 bits per heavy atom. The van der Waals surface area contributed by atoms with Crippen molar-refractivity contribution >= 4 is 9.84 Å². The number of methoxy groups -OCH3 is 1. The second-order valence-corrected chi connectivity index (χ2v) is 9.76. The van der Waals surface area contributed by atoms with Gasteiger partial charge in [0.1, 0.15) is 11.6 Å². The lowest BCUT2D eigenvalue weighted by Crippen LogP contribution is -2.37. The van der Waals surface area contributed by atoms with Crippen molar-refractivity contribution in [2.45, 2.75) is 38.0 Å². The first-order chi connectivity index (χ1) is 14.4. The molecule has 1 atom stereocenters. The average Bonchev–Trinajstić information content (AvgIpc) is 3.14. The van der Waals surface area contributed by atoms with Gasteiger partial charge in [0.2, 0.25) is 15.0 Å². The fraction of sp³-hybridized carbons (Fsp3) is 0.571. The molecule has 1 aliphatic heterocycles. The first-order valence-corrected chi connectivity index (χ1v) is 11.9. The van der Waals surface area contributed by atoms with Crippen molar-refractivity contribution in [3.05, 3.63) is 42.0 Å². The molecule has 1 fully saturated rings. The van der Waals surface area contributed by atoms with Gasteiger partial charge in [-0.1, -0.05) is 13.0 Å².